The fourth-order valence-electron chi connectivity index (χ4n) is 2.65. The Morgan fingerprint density at radius 2 is 2.06 bits per heavy atom. The van der Waals surface area contributed by atoms with Crippen molar-refractivity contribution in [2.75, 3.05) is 0 Å². The molecule has 18 heavy (non-hydrogen) atoms. The summed E-state index contributed by atoms with van der Waals surface area (Å²) in [6, 6.07) is 10.5. The molecule has 0 amide bonds. The van der Waals surface area contributed by atoms with E-state index in [9.17, 15) is 0 Å². The second-order valence-electron chi connectivity index (χ2n) is 5.21. The third kappa shape index (κ3) is 2.08. The van der Waals surface area contributed by atoms with Gasteiger partial charge in [-0.3, -0.25) is 4.98 Å². The minimum absolute atomic E-state index is 0.622. The monoisotopic (exact) mass is 235 g/mol. The van der Waals surface area contributed by atoms with Crippen LogP contribution in [0.25, 0.3) is 16.5 Å². The van der Waals surface area contributed by atoms with Crippen molar-refractivity contribution >= 4 is 16.5 Å². The zero-order valence-electron chi connectivity index (χ0n) is 10.9. The van der Waals surface area contributed by atoms with E-state index in [1.54, 1.807) is 0 Å². The van der Waals surface area contributed by atoms with Crippen molar-refractivity contribution in [2.45, 2.75) is 20.3 Å². The van der Waals surface area contributed by atoms with Crippen molar-refractivity contribution in [2.24, 2.45) is 5.92 Å². The molecule has 0 saturated heterocycles. The maximum atomic E-state index is 4.54. The Labute approximate surface area is 108 Å². The smallest absolute Gasteiger partial charge is 0.0702 e. The SMILES string of the molecule is CC1=CC(c2cnc3ccccc3c2)=CC(C)C1. The molecule has 0 N–H and O–H groups in total. The average molecular weight is 235 g/mol. The van der Waals surface area contributed by atoms with Gasteiger partial charge in [-0.2, -0.15) is 0 Å². The highest BCUT2D eigenvalue weighted by Crippen LogP contribution is 2.29. The average Bonchev–Trinajstić information content (AvgIpc) is 2.37. The lowest BCUT2D eigenvalue weighted by Crippen LogP contribution is -1.99. The molecule has 1 nitrogen and oxygen atoms in total. The van der Waals surface area contributed by atoms with Crippen molar-refractivity contribution in [3.05, 3.63) is 59.8 Å². The van der Waals surface area contributed by atoms with Crippen molar-refractivity contribution < 1.29 is 0 Å². The molecular weight excluding hydrogens is 218 g/mol. The second kappa shape index (κ2) is 4.41. The summed E-state index contributed by atoms with van der Waals surface area (Å²) in [5.41, 5.74) is 5.05. The summed E-state index contributed by atoms with van der Waals surface area (Å²) >= 11 is 0. The van der Waals surface area contributed by atoms with E-state index in [-0.39, 0.29) is 0 Å². The first-order valence-corrected chi connectivity index (χ1v) is 6.46. The van der Waals surface area contributed by atoms with Crippen molar-refractivity contribution in [1.82, 2.24) is 4.98 Å². The zero-order chi connectivity index (χ0) is 12.5. The molecule has 0 bridgehead atoms. The number of benzene rings is 1. The Morgan fingerprint density at radius 3 is 2.89 bits per heavy atom. The Bertz CT molecular complexity index is 649. The fraction of sp³-hybridized carbons (Fsp3) is 0.235. The van der Waals surface area contributed by atoms with Gasteiger partial charge in [-0.05, 0) is 37.0 Å². The van der Waals surface area contributed by atoms with E-state index < -0.39 is 0 Å². The van der Waals surface area contributed by atoms with Gasteiger partial charge in [0.25, 0.3) is 0 Å². The van der Waals surface area contributed by atoms with Crippen LogP contribution < -0.4 is 0 Å². The van der Waals surface area contributed by atoms with Crippen LogP contribution in [0.1, 0.15) is 25.8 Å². The van der Waals surface area contributed by atoms with Crippen molar-refractivity contribution in [1.29, 1.82) is 0 Å². The second-order valence-corrected chi connectivity index (χ2v) is 5.21. The molecule has 0 radical (unpaired) electrons. The van der Waals surface area contributed by atoms with E-state index in [4.69, 9.17) is 0 Å². The van der Waals surface area contributed by atoms with Crippen molar-refractivity contribution in [3.8, 4) is 0 Å². The summed E-state index contributed by atoms with van der Waals surface area (Å²) in [6.07, 6.45) is 7.78. The van der Waals surface area contributed by atoms with Gasteiger partial charge in [-0.25, -0.2) is 0 Å². The first-order valence-electron chi connectivity index (χ1n) is 6.46. The largest absolute Gasteiger partial charge is 0.256 e. The quantitative estimate of drug-likeness (QED) is 0.703. The molecule has 1 aliphatic rings. The van der Waals surface area contributed by atoms with Gasteiger partial charge in [0.1, 0.15) is 0 Å². The van der Waals surface area contributed by atoms with Crippen LogP contribution in [0.5, 0.6) is 0 Å². The Balaban J connectivity index is 2.09. The number of aromatic nitrogens is 1. The van der Waals surface area contributed by atoms with Gasteiger partial charge in [0.15, 0.2) is 0 Å². The highest BCUT2D eigenvalue weighted by molar-refractivity contribution is 5.85. The zero-order valence-corrected chi connectivity index (χ0v) is 10.9. The minimum atomic E-state index is 0.622. The van der Waals surface area contributed by atoms with E-state index >= 15 is 0 Å². The Kier molecular flexibility index (Phi) is 2.75. The van der Waals surface area contributed by atoms with Gasteiger partial charge >= 0.3 is 0 Å². The molecule has 0 fully saturated rings. The predicted octanol–water partition coefficient (Wildman–Crippen LogP) is 4.60. The standard InChI is InChI=1S/C17H17N/c1-12-7-13(2)9-15(8-12)16-10-14-5-3-4-6-17(14)18-11-16/h3-6,8-12H,7H2,1-2H3. The van der Waals surface area contributed by atoms with Gasteiger partial charge in [0.2, 0.25) is 0 Å². The van der Waals surface area contributed by atoms with E-state index in [1.165, 1.54) is 28.5 Å². The van der Waals surface area contributed by atoms with E-state index in [0.29, 0.717) is 5.92 Å². The van der Waals surface area contributed by atoms with Gasteiger partial charge in [-0.1, -0.05) is 42.8 Å². The number of para-hydroxylation sites is 1. The topological polar surface area (TPSA) is 12.9 Å². The number of hydrogen-bond acceptors (Lipinski definition) is 1. The number of rotatable bonds is 1. The predicted molar refractivity (Wildman–Crippen MR) is 77.3 cm³/mol. The molecule has 1 unspecified atom stereocenters. The molecule has 90 valence electrons. The molecule has 0 spiro atoms. The van der Waals surface area contributed by atoms with Gasteiger partial charge < -0.3 is 0 Å². The van der Waals surface area contributed by atoms with Crippen LogP contribution in [0.2, 0.25) is 0 Å². The van der Waals surface area contributed by atoms with Gasteiger partial charge in [0.05, 0.1) is 5.52 Å². The van der Waals surface area contributed by atoms with Gasteiger partial charge in [-0.15, -0.1) is 0 Å². The third-order valence-electron chi connectivity index (χ3n) is 3.43. The van der Waals surface area contributed by atoms with E-state index in [1.807, 2.05) is 12.3 Å². The van der Waals surface area contributed by atoms with Crippen LogP contribution in [0.4, 0.5) is 0 Å². The lowest BCUT2D eigenvalue weighted by molar-refractivity contribution is 0.710. The maximum Gasteiger partial charge on any atom is 0.0702 e. The normalized spacial score (nSPS) is 19.6. The van der Waals surface area contributed by atoms with E-state index in [2.05, 4.69) is 55.2 Å². The number of pyridine rings is 1. The number of nitrogens with zero attached hydrogens (tertiary/aromatic N) is 1. The molecule has 0 aliphatic heterocycles. The first kappa shape index (κ1) is 11.2. The molecule has 1 aromatic carbocycles. The number of allylic oxidation sites excluding steroid dienone is 4. The van der Waals surface area contributed by atoms with Gasteiger partial charge in [0, 0.05) is 17.1 Å². The molecule has 2 aromatic rings. The van der Waals surface area contributed by atoms with Crippen LogP contribution in [-0.4, -0.2) is 4.98 Å². The molecule has 1 heteroatoms. The van der Waals surface area contributed by atoms with Crippen LogP contribution in [-0.2, 0) is 0 Å². The molecule has 1 atom stereocenters. The fourth-order valence-corrected chi connectivity index (χ4v) is 2.65. The molecule has 1 heterocycles. The summed E-state index contributed by atoms with van der Waals surface area (Å²) in [6.45, 7) is 4.48. The molecular formula is C17H17N. The molecule has 1 aromatic heterocycles. The summed E-state index contributed by atoms with van der Waals surface area (Å²) in [4.78, 5) is 4.54. The molecule has 1 aliphatic carbocycles. The number of hydrogen-bond donors (Lipinski definition) is 0. The third-order valence-corrected chi connectivity index (χ3v) is 3.43. The lowest BCUT2D eigenvalue weighted by Gasteiger charge is -2.16. The molecule has 0 saturated carbocycles. The first-order chi connectivity index (χ1) is 8.72. The highest BCUT2D eigenvalue weighted by Gasteiger charge is 2.10. The van der Waals surface area contributed by atoms with Crippen LogP contribution in [0.15, 0.2) is 54.3 Å². The number of fused-ring (bicyclic) bond motifs is 1. The summed E-state index contributed by atoms with van der Waals surface area (Å²) in [5, 5.41) is 1.21. The molecule has 3 rings (SSSR count). The van der Waals surface area contributed by atoms with Crippen LogP contribution in [0.3, 0.4) is 0 Å². The summed E-state index contributed by atoms with van der Waals surface area (Å²) in [7, 11) is 0. The van der Waals surface area contributed by atoms with E-state index in [0.717, 1.165) is 5.52 Å². The Hall–Kier alpha value is -1.89. The Morgan fingerprint density at radius 1 is 1.22 bits per heavy atom. The van der Waals surface area contributed by atoms with Crippen molar-refractivity contribution in [3.63, 3.8) is 0 Å². The summed E-state index contributed by atoms with van der Waals surface area (Å²) < 4.78 is 0. The van der Waals surface area contributed by atoms with Crippen LogP contribution in [0, 0.1) is 5.92 Å². The minimum Gasteiger partial charge on any atom is -0.256 e. The maximum absolute atomic E-state index is 4.54. The van der Waals surface area contributed by atoms with Crippen LogP contribution >= 0.6 is 0 Å². The summed E-state index contributed by atoms with van der Waals surface area (Å²) in [5.74, 6) is 0.622. The lowest BCUT2D eigenvalue weighted by atomic mass is 9.89. The highest BCUT2D eigenvalue weighted by atomic mass is 14.6.